The molecule has 1 unspecified atom stereocenters. The minimum absolute atomic E-state index is 0.158. The van der Waals surface area contributed by atoms with Crippen LogP contribution < -0.4 is 5.32 Å². The molecule has 3 rings (SSSR count). The maximum atomic E-state index is 12.2. The smallest absolute Gasteiger partial charge is 0.286 e. The van der Waals surface area contributed by atoms with Crippen LogP contribution in [0.4, 0.5) is 0 Å². The van der Waals surface area contributed by atoms with E-state index in [1.807, 2.05) is 0 Å². The fourth-order valence-electron chi connectivity index (χ4n) is 2.73. The van der Waals surface area contributed by atoms with Gasteiger partial charge in [0.1, 0.15) is 0 Å². The van der Waals surface area contributed by atoms with E-state index in [1.165, 1.54) is 6.26 Å². The van der Waals surface area contributed by atoms with Crippen molar-refractivity contribution in [2.75, 3.05) is 19.6 Å². The summed E-state index contributed by atoms with van der Waals surface area (Å²) < 4.78 is 31.1. The third kappa shape index (κ3) is 3.29. The fraction of sp³-hybridized carbons (Fsp3) is 0.643. The summed E-state index contributed by atoms with van der Waals surface area (Å²) >= 11 is 0. The number of nitrogens with zero attached hydrogens (tertiary/aromatic N) is 1. The van der Waals surface area contributed by atoms with Gasteiger partial charge in [-0.3, -0.25) is 4.79 Å². The van der Waals surface area contributed by atoms with Crippen LogP contribution in [-0.4, -0.2) is 43.5 Å². The Hall–Kier alpha value is -1.34. The Morgan fingerprint density at radius 3 is 2.86 bits per heavy atom. The van der Waals surface area contributed by atoms with Gasteiger partial charge in [-0.15, -0.1) is 0 Å². The van der Waals surface area contributed by atoms with Crippen molar-refractivity contribution in [1.82, 2.24) is 9.62 Å². The zero-order chi connectivity index (χ0) is 14.9. The van der Waals surface area contributed by atoms with Crippen molar-refractivity contribution < 1.29 is 17.6 Å². The normalized spacial score (nSPS) is 23.9. The Kier molecular flexibility index (Phi) is 4.03. The topological polar surface area (TPSA) is 79.6 Å². The molecule has 2 fully saturated rings. The minimum Gasteiger partial charge on any atom is -0.459 e. The van der Waals surface area contributed by atoms with E-state index in [2.05, 4.69) is 5.32 Å². The first-order valence-electron chi connectivity index (χ1n) is 7.38. The second-order valence-electron chi connectivity index (χ2n) is 5.80. The first-order valence-corrected chi connectivity index (χ1v) is 8.88. The summed E-state index contributed by atoms with van der Waals surface area (Å²) in [5, 5.41) is 2.66. The van der Waals surface area contributed by atoms with Gasteiger partial charge in [0.15, 0.2) is 5.76 Å². The molecule has 0 bridgehead atoms. The summed E-state index contributed by atoms with van der Waals surface area (Å²) in [6, 6.07) is 3.28. The second kappa shape index (κ2) is 5.81. The van der Waals surface area contributed by atoms with Gasteiger partial charge in [-0.1, -0.05) is 0 Å². The van der Waals surface area contributed by atoms with E-state index in [0.29, 0.717) is 19.6 Å². The maximum Gasteiger partial charge on any atom is 0.286 e. The van der Waals surface area contributed by atoms with E-state index in [-0.39, 0.29) is 22.8 Å². The molecule has 6 nitrogen and oxygen atoms in total. The lowest BCUT2D eigenvalue weighted by atomic mass is 10.00. The molecule has 1 amide bonds. The van der Waals surface area contributed by atoms with E-state index < -0.39 is 10.0 Å². The minimum atomic E-state index is -3.10. The number of hydrogen-bond donors (Lipinski definition) is 1. The average molecular weight is 312 g/mol. The molecule has 1 saturated carbocycles. The predicted molar refractivity (Wildman–Crippen MR) is 77.3 cm³/mol. The molecule has 0 aromatic carbocycles. The third-order valence-corrected chi connectivity index (χ3v) is 6.45. The van der Waals surface area contributed by atoms with Crippen LogP contribution >= 0.6 is 0 Å². The van der Waals surface area contributed by atoms with Gasteiger partial charge in [-0.05, 0) is 43.7 Å². The summed E-state index contributed by atoms with van der Waals surface area (Å²) in [6.07, 6.45) is 4.83. The number of carbonyl (C=O) groups excluding carboxylic acids is 1. The Balaban J connectivity index is 1.53. The summed E-state index contributed by atoms with van der Waals surface area (Å²) in [7, 11) is -3.10. The Bertz CT molecular complexity index is 593. The van der Waals surface area contributed by atoms with Gasteiger partial charge < -0.3 is 9.73 Å². The van der Waals surface area contributed by atoms with Crippen LogP contribution in [0, 0.1) is 5.92 Å². The third-order valence-electron chi connectivity index (χ3n) is 4.08. The molecule has 1 atom stereocenters. The molecule has 1 aromatic heterocycles. The second-order valence-corrected chi connectivity index (χ2v) is 8.01. The standard InChI is InChI=1S/C14H20N2O4S/c17-14(13-4-2-8-20-13)15-9-11-3-1-7-16(10-11)21(18,19)12-5-6-12/h2,4,8,11-12H,1,3,5-7,9-10H2,(H,15,17). The van der Waals surface area contributed by atoms with Crippen LogP contribution in [-0.2, 0) is 10.0 Å². The average Bonchev–Trinajstić information content (AvgIpc) is 3.21. The van der Waals surface area contributed by atoms with Gasteiger partial charge >= 0.3 is 0 Å². The fourth-order valence-corrected chi connectivity index (χ4v) is 4.69. The molecule has 1 N–H and O–H groups in total. The highest BCUT2D eigenvalue weighted by Gasteiger charge is 2.41. The molecule has 2 heterocycles. The molecule has 1 aliphatic heterocycles. The van der Waals surface area contributed by atoms with Crippen LogP contribution in [0.3, 0.4) is 0 Å². The van der Waals surface area contributed by atoms with E-state index in [4.69, 9.17) is 4.42 Å². The lowest BCUT2D eigenvalue weighted by molar-refractivity contribution is 0.0913. The van der Waals surface area contributed by atoms with Crippen LogP contribution in [0.5, 0.6) is 0 Å². The van der Waals surface area contributed by atoms with Gasteiger partial charge in [-0.25, -0.2) is 12.7 Å². The monoisotopic (exact) mass is 312 g/mol. The van der Waals surface area contributed by atoms with Crippen molar-refractivity contribution in [3.63, 3.8) is 0 Å². The first kappa shape index (κ1) is 14.6. The number of nitrogens with one attached hydrogen (secondary N) is 1. The van der Waals surface area contributed by atoms with Gasteiger partial charge in [0.05, 0.1) is 11.5 Å². The van der Waals surface area contributed by atoms with Crippen LogP contribution in [0.25, 0.3) is 0 Å². The number of amides is 1. The van der Waals surface area contributed by atoms with Crippen LogP contribution in [0.1, 0.15) is 36.2 Å². The SMILES string of the molecule is O=C(NCC1CCCN(S(=O)(=O)C2CC2)C1)c1ccco1. The number of rotatable bonds is 5. The van der Waals surface area contributed by atoms with Crippen molar-refractivity contribution in [1.29, 1.82) is 0 Å². The summed E-state index contributed by atoms with van der Waals surface area (Å²) in [5.74, 6) is 0.210. The molecule has 7 heteroatoms. The lowest BCUT2D eigenvalue weighted by Gasteiger charge is -2.32. The van der Waals surface area contributed by atoms with Crippen molar-refractivity contribution >= 4 is 15.9 Å². The highest BCUT2D eigenvalue weighted by Crippen LogP contribution is 2.33. The molecule has 2 aliphatic rings. The lowest BCUT2D eigenvalue weighted by Crippen LogP contribution is -2.44. The summed E-state index contributed by atoms with van der Waals surface area (Å²) in [5.41, 5.74) is 0. The highest BCUT2D eigenvalue weighted by atomic mass is 32.2. The summed E-state index contributed by atoms with van der Waals surface area (Å²) in [6.45, 7) is 1.61. The van der Waals surface area contributed by atoms with Crippen molar-refractivity contribution in [3.8, 4) is 0 Å². The first-order chi connectivity index (χ1) is 10.1. The number of sulfonamides is 1. The van der Waals surface area contributed by atoms with Crippen LogP contribution in [0.2, 0.25) is 0 Å². The molecular formula is C14H20N2O4S. The summed E-state index contributed by atoms with van der Waals surface area (Å²) in [4.78, 5) is 11.8. The van der Waals surface area contributed by atoms with E-state index in [1.54, 1.807) is 16.4 Å². The molecule has 116 valence electrons. The number of hydrogen-bond acceptors (Lipinski definition) is 4. The largest absolute Gasteiger partial charge is 0.459 e. The van der Waals surface area contributed by atoms with E-state index in [0.717, 1.165) is 25.7 Å². The molecule has 0 radical (unpaired) electrons. The zero-order valence-corrected chi connectivity index (χ0v) is 12.6. The van der Waals surface area contributed by atoms with Crippen molar-refractivity contribution in [2.24, 2.45) is 5.92 Å². The Morgan fingerprint density at radius 1 is 1.38 bits per heavy atom. The predicted octanol–water partition coefficient (Wildman–Crippen LogP) is 1.21. The van der Waals surface area contributed by atoms with E-state index >= 15 is 0 Å². The van der Waals surface area contributed by atoms with Gasteiger partial charge in [-0.2, -0.15) is 0 Å². The number of carbonyl (C=O) groups is 1. The molecule has 1 aromatic rings. The molecular weight excluding hydrogens is 292 g/mol. The van der Waals surface area contributed by atoms with E-state index in [9.17, 15) is 13.2 Å². The van der Waals surface area contributed by atoms with Gasteiger partial charge in [0.2, 0.25) is 10.0 Å². The zero-order valence-electron chi connectivity index (χ0n) is 11.8. The van der Waals surface area contributed by atoms with Gasteiger partial charge in [0.25, 0.3) is 5.91 Å². The Morgan fingerprint density at radius 2 is 2.19 bits per heavy atom. The molecule has 0 spiro atoms. The highest BCUT2D eigenvalue weighted by molar-refractivity contribution is 7.90. The van der Waals surface area contributed by atoms with Crippen molar-refractivity contribution in [2.45, 2.75) is 30.9 Å². The van der Waals surface area contributed by atoms with Crippen molar-refractivity contribution in [3.05, 3.63) is 24.2 Å². The molecule has 21 heavy (non-hydrogen) atoms. The number of furan rings is 1. The quantitative estimate of drug-likeness (QED) is 0.886. The number of piperidine rings is 1. The molecule has 1 aliphatic carbocycles. The Labute approximate surface area is 124 Å². The van der Waals surface area contributed by atoms with Crippen LogP contribution in [0.15, 0.2) is 22.8 Å². The molecule has 1 saturated heterocycles. The van der Waals surface area contributed by atoms with Gasteiger partial charge in [0, 0.05) is 19.6 Å². The maximum absolute atomic E-state index is 12.2.